The minimum Gasteiger partial charge on any atom is -0.467 e. The molecule has 0 saturated heterocycles. The van der Waals surface area contributed by atoms with E-state index in [1.807, 2.05) is 24.3 Å². The number of nitrogens with one attached hydrogen (secondary N) is 2. The predicted molar refractivity (Wildman–Crippen MR) is 83.2 cm³/mol. The lowest BCUT2D eigenvalue weighted by atomic mass is 10.4. The maximum absolute atomic E-state index is 5.22. The number of furan rings is 1. The average Bonchev–Trinajstić information content (AvgIpc) is 2.93. The van der Waals surface area contributed by atoms with Gasteiger partial charge < -0.3 is 15.1 Å². The second kappa shape index (κ2) is 8.46. The van der Waals surface area contributed by atoms with E-state index in [-0.39, 0.29) is 24.0 Å². The zero-order valence-corrected chi connectivity index (χ0v) is 12.9. The molecule has 0 aliphatic heterocycles. The molecule has 102 valence electrons. The SMILES string of the molecule is CN=C(NCc1cccnn1)NCc1ccco1.I. The summed E-state index contributed by atoms with van der Waals surface area (Å²) in [6, 6.07) is 7.51. The largest absolute Gasteiger partial charge is 0.467 e. The summed E-state index contributed by atoms with van der Waals surface area (Å²) < 4.78 is 5.22. The minimum atomic E-state index is 0. The van der Waals surface area contributed by atoms with E-state index in [9.17, 15) is 0 Å². The summed E-state index contributed by atoms with van der Waals surface area (Å²) in [6.07, 6.45) is 3.29. The molecule has 6 nitrogen and oxygen atoms in total. The minimum absolute atomic E-state index is 0. The van der Waals surface area contributed by atoms with Crippen molar-refractivity contribution < 1.29 is 4.42 Å². The highest BCUT2D eigenvalue weighted by Crippen LogP contribution is 1.98. The monoisotopic (exact) mass is 373 g/mol. The van der Waals surface area contributed by atoms with Crippen LogP contribution in [0.15, 0.2) is 46.1 Å². The van der Waals surface area contributed by atoms with Crippen molar-refractivity contribution in [2.45, 2.75) is 13.1 Å². The number of hydrogen-bond acceptors (Lipinski definition) is 4. The number of hydrogen-bond donors (Lipinski definition) is 2. The Morgan fingerprint density at radius 2 is 2.11 bits per heavy atom. The summed E-state index contributed by atoms with van der Waals surface area (Å²) in [5.74, 6) is 1.55. The van der Waals surface area contributed by atoms with Gasteiger partial charge in [0.1, 0.15) is 5.76 Å². The van der Waals surface area contributed by atoms with Crippen molar-refractivity contribution in [1.82, 2.24) is 20.8 Å². The van der Waals surface area contributed by atoms with Gasteiger partial charge in [-0.2, -0.15) is 10.2 Å². The van der Waals surface area contributed by atoms with E-state index in [2.05, 4.69) is 25.8 Å². The zero-order chi connectivity index (χ0) is 12.6. The molecule has 0 aliphatic rings. The number of aromatic nitrogens is 2. The third-order valence-corrected chi connectivity index (χ3v) is 2.30. The summed E-state index contributed by atoms with van der Waals surface area (Å²) in [5.41, 5.74) is 0.860. The Morgan fingerprint density at radius 1 is 1.26 bits per heavy atom. The van der Waals surface area contributed by atoms with Crippen molar-refractivity contribution in [3.05, 3.63) is 48.2 Å². The lowest BCUT2D eigenvalue weighted by Crippen LogP contribution is -2.36. The van der Waals surface area contributed by atoms with Gasteiger partial charge in [0.25, 0.3) is 0 Å². The Morgan fingerprint density at radius 3 is 2.74 bits per heavy atom. The van der Waals surface area contributed by atoms with Gasteiger partial charge in [-0.3, -0.25) is 4.99 Å². The second-order valence-electron chi connectivity index (χ2n) is 3.57. The average molecular weight is 373 g/mol. The van der Waals surface area contributed by atoms with E-state index in [4.69, 9.17) is 4.42 Å². The smallest absolute Gasteiger partial charge is 0.191 e. The first kappa shape index (κ1) is 15.4. The Bertz CT molecular complexity index is 486. The van der Waals surface area contributed by atoms with E-state index in [1.165, 1.54) is 0 Å². The van der Waals surface area contributed by atoms with Crippen LogP contribution in [-0.4, -0.2) is 23.2 Å². The van der Waals surface area contributed by atoms with E-state index < -0.39 is 0 Å². The molecule has 0 unspecified atom stereocenters. The van der Waals surface area contributed by atoms with Gasteiger partial charge in [0.15, 0.2) is 5.96 Å². The fraction of sp³-hybridized carbons (Fsp3) is 0.250. The molecule has 0 saturated carbocycles. The third-order valence-electron chi connectivity index (χ3n) is 2.30. The summed E-state index contributed by atoms with van der Waals surface area (Å²) in [4.78, 5) is 4.11. The molecule has 0 spiro atoms. The zero-order valence-electron chi connectivity index (χ0n) is 10.5. The van der Waals surface area contributed by atoms with Gasteiger partial charge >= 0.3 is 0 Å². The van der Waals surface area contributed by atoms with Crippen LogP contribution in [0.1, 0.15) is 11.5 Å². The molecule has 2 aromatic rings. The van der Waals surface area contributed by atoms with Gasteiger partial charge in [-0.15, -0.1) is 24.0 Å². The van der Waals surface area contributed by atoms with Gasteiger partial charge in [0, 0.05) is 13.2 Å². The molecule has 2 rings (SSSR count). The molecular formula is C12H16IN5O. The van der Waals surface area contributed by atoms with Crippen molar-refractivity contribution in [2.75, 3.05) is 7.05 Å². The number of rotatable bonds is 4. The normalized spacial score (nSPS) is 10.7. The Hall–Kier alpha value is -1.64. The lowest BCUT2D eigenvalue weighted by Gasteiger charge is -2.10. The van der Waals surface area contributed by atoms with Crippen LogP contribution in [0.3, 0.4) is 0 Å². The molecule has 0 bridgehead atoms. The Balaban J connectivity index is 0.00000180. The molecule has 2 N–H and O–H groups in total. The van der Waals surface area contributed by atoms with Gasteiger partial charge in [-0.25, -0.2) is 0 Å². The van der Waals surface area contributed by atoms with Crippen LogP contribution in [-0.2, 0) is 13.1 Å². The predicted octanol–water partition coefficient (Wildman–Crippen LogP) is 1.55. The number of nitrogens with zero attached hydrogens (tertiary/aromatic N) is 3. The molecule has 0 atom stereocenters. The molecule has 2 aromatic heterocycles. The van der Waals surface area contributed by atoms with Crippen LogP contribution < -0.4 is 10.6 Å². The molecule has 2 heterocycles. The first-order chi connectivity index (χ1) is 8.88. The van der Waals surface area contributed by atoms with Crippen LogP contribution >= 0.6 is 24.0 Å². The maximum atomic E-state index is 5.22. The first-order valence-corrected chi connectivity index (χ1v) is 5.62. The molecular weight excluding hydrogens is 357 g/mol. The maximum Gasteiger partial charge on any atom is 0.191 e. The van der Waals surface area contributed by atoms with E-state index in [0.717, 1.165) is 11.5 Å². The van der Waals surface area contributed by atoms with Crippen LogP contribution in [0.25, 0.3) is 0 Å². The molecule has 0 aromatic carbocycles. The molecule has 0 aliphatic carbocycles. The molecule has 19 heavy (non-hydrogen) atoms. The van der Waals surface area contributed by atoms with Crippen molar-refractivity contribution in [1.29, 1.82) is 0 Å². The summed E-state index contributed by atoms with van der Waals surface area (Å²) in [6.45, 7) is 1.17. The van der Waals surface area contributed by atoms with Gasteiger partial charge in [0.2, 0.25) is 0 Å². The lowest BCUT2D eigenvalue weighted by molar-refractivity contribution is 0.501. The van der Waals surface area contributed by atoms with Gasteiger partial charge in [-0.1, -0.05) is 0 Å². The fourth-order valence-electron chi connectivity index (χ4n) is 1.41. The standard InChI is InChI=1S/C12H15N5O.HI/c1-13-12(15-9-11-5-3-7-18-11)14-8-10-4-2-6-16-17-10;/h2-7H,8-9H2,1H3,(H2,13,14,15);1H. The topological polar surface area (TPSA) is 75.3 Å². The van der Waals surface area contributed by atoms with Crippen molar-refractivity contribution in [3.8, 4) is 0 Å². The van der Waals surface area contributed by atoms with E-state index in [1.54, 1.807) is 19.5 Å². The van der Waals surface area contributed by atoms with Crippen LogP contribution in [0.4, 0.5) is 0 Å². The van der Waals surface area contributed by atoms with Crippen molar-refractivity contribution in [2.24, 2.45) is 4.99 Å². The number of halogens is 1. The van der Waals surface area contributed by atoms with Crippen LogP contribution in [0, 0.1) is 0 Å². The van der Waals surface area contributed by atoms with Crippen LogP contribution in [0.5, 0.6) is 0 Å². The van der Waals surface area contributed by atoms with Crippen molar-refractivity contribution >= 4 is 29.9 Å². The quantitative estimate of drug-likeness (QED) is 0.483. The number of guanidine groups is 1. The Labute approximate surface area is 128 Å². The van der Waals surface area contributed by atoms with Gasteiger partial charge in [-0.05, 0) is 24.3 Å². The second-order valence-corrected chi connectivity index (χ2v) is 3.57. The summed E-state index contributed by atoms with van der Waals surface area (Å²) >= 11 is 0. The molecule has 0 amide bonds. The summed E-state index contributed by atoms with van der Waals surface area (Å²) in [7, 11) is 1.72. The first-order valence-electron chi connectivity index (χ1n) is 5.62. The molecule has 0 radical (unpaired) electrons. The fourth-order valence-corrected chi connectivity index (χ4v) is 1.41. The summed E-state index contributed by atoms with van der Waals surface area (Å²) in [5, 5.41) is 14.1. The van der Waals surface area contributed by atoms with Crippen molar-refractivity contribution in [3.63, 3.8) is 0 Å². The highest BCUT2D eigenvalue weighted by Gasteiger charge is 2.00. The van der Waals surface area contributed by atoms with Crippen LogP contribution in [0.2, 0.25) is 0 Å². The Kier molecular flexibility index (Phi) is 6.86. The van der Waals surface area contributed by atoms with E-state index >= 15 is 0 Å². The van der Waals surface area contributed by atoms with E-state index in [0.29, 0.717) is 19.0 Å². The highest BCUT2D eigenvalue weighted by atomic mass is 127. The molecule has 0 fully saturated rings. The molecule has 7 heteroatoms. The van der Waals surface area contributed by atoms with Gasteiger partial charge in [0.05, 0.1) is 25.0 Å². The number of aliphatic imine (C=N–C) groups is 1. The third kappa shape index (κ3) is 5.25. The highest BCUT2D eigenvalue weighted by molar-refractivity contribution is 14.0.